The summed E-state index contributed by atoms with van der Waals surface area (Å²) >= 11 is 0. The molecule has 6 atom stereocenters. The van der Waals surface area contributed by atoms with Crippen molar-refractivity contribution in [1.82, 2.24) is 0 Å². The molecule has 0 bridgehead atoms. The number of rotatable bonds is 5. The lowest BCUT2D eigenvalue weighted by atomic mass is 9.86. The molecule has 3 aliphatic rings. The van der Waals surface area contributed by atoms with Crippen LogP contribution in [0.25, 0.3) is 0 Å². The molecule has 3 aliphatic heterocycles. The second kappa shape index (κ2) is 7.66. The van der Waals surface area contributed by atoms with Gasteiger partial charge in [-0.2, -0.15) is 0 Å². The number of fused-ring (bicyclic) bond motifs is 1. The van der Waals surface area contributed by atoms with E-state index in [9.17, 15) is 9.90 Å². The summed E-state index contributed by atoms with van der Waals surface area (Å²) in [5.41, 5.74) is 0.795. The zero-order valence-electron chi connectivity index (χ0n) is 17.6. The quantitative estimate of drug-likeness (QED) is 0.551. The Morgan fingerprint density at radius 2 is 1.82 bits per heavy atom. The molecule has 3 fully saturated rings. The summed E-state index contributed by atoms with van der Waals surface area (Å²) in [6.07, 6.45) is -1.25. The van der Waals surface area contributed by atoms with E-state index in [4.69, 9.17) is 28.4 Å². The maximum absolute atomic E-state index is 12.0. The minimum absolute atomic E-state index is 0.0196. The van der Waals surface area contributed by atoms with Crippen molar-refractivity contribution in [3.8, 4) is 0 Å². The average molecular weight is 400 g/mol. The molecular weight excluding hydrogens is 368 g/mol. The van der Waals surface area contributed by atoms with Gasteiger partial charge in [-0.1, -0.05) is 19.9 Å². The third-order valence-electron chi connectivity index (χ3n) is 5.33. The highest BCUT2D eigenvalue weighted by molar-refractivity contribution is 5.75. The van der Waals surface area contributed by atoms with Crippen molar-refractivity contribution in [3.63, 3.8) is 0 Å². The predicted molar refractivity (Wildman–Crippen MR) is 98.0 cm³/mol. The van der Waals surface area contributed by atoms with Gasteiger partial charge in [0.25, 0.3) is 0 Å². The highest BCUT2D eigenvalue weighted by Crippen LogP contribution is 2.44. The van der Waals surface area contributed by atoms with Crippen LogP contribution in [0.5, 0.6) is 0 Å². The first-order valence-electron chi connectivity index (χ1n) is 9.74. The highest BCUT2D eigenvalue weighted by atomic mass is 16.8. The largest absolute Gasteiger partial charge is 0.467 e. The Hall–Kier alpha value is -1.03. The van der Waals surface area contributed by atoms with Crippen LogP contribution in [0, 0.1) is 11.8 Å². The van der Waals surface area contributed by atoms with Crippen LogP contribution < -0.4 is 0 Å². The van der Waals surface area contributed by atoms with Gasteiger partial charge in [-0.25, -0.2) is 4.79 Å². The molecule has 0 saturated carbocycles. The second-order valence-corrected chi connectivity index (χ2v) is 8.80. The lowest BCUT2D eigenvalue weighted by molar-refractivity contribution is -0.215. The van der Waals surface area contributed by atoms with Gasteiger partial charge < -0.3 is 33.5 Å². The third-order valence-corrected chi connectivity index (χ3v) is 5.33. The highest BCUT2D eigenvalue weighted by Gasteiger charge is 2.55. The molecule has 0 aromatic heterocycles. The molecule has 8 heteroatoms. The SMILES string of the molecule is COC(=O)[C@H](O)[C@H](/C=C1\[C@H]2OC(C)(C)O[C@H]2O[C@@H]1[C@H]1COC(C)(C)O1)C(C)C. The van der Waals surface area contributed by atoms with Crippen LogP contribution in [0.1, 0.15) is 41.5 Å². The van der Waals surface area contributed by atoms with Crippen molar-refractivity contribution in [2.75, 3.05) is 13.7 Å². The van der Waals surface area contributed by atoms with Crippen molar-refractivity contribution in [3.05, 3.63) is 11.6 Å². The van der Waals surface area contributed by atoms with Crippen LogP contribution in [0.4, 0.5) is 0 Å². The molecule has 3 saturated heterocycles. The van der Waals surface area contributed by atoms with Crippen molar-refractivity contribution in [1.29, 1.82) is 0 Å². The normalized spacial score (nSPS) is 37.2. The zero-order chi connectivity index (χ0) is 20.9. The summed E-state index contributed by atoms with van der Waals surface area (Å²) in [6, 6.07) is 0. The van der Waals surface area contributed by atoms with E-state index < -0.39 is 48.1 Å². The number of aliphatic hydroxyl groups is 1. The third kappa shape index (κ3) is 4.27. The molecule has 3 heterocycles. The minimum Gasteiger partial charge on any atom is -0.467 e. The molecule has 160 valence electrons. The van der Waals surface area contributed by atoms with Crippen LogP contribution in [0.15, 0.2) is 11.6 Å². The van der Waals surface area contributed by atoms with Gasteiger partial charge in [0.2, 0.25) is 0 Å². The number of carbonyl (C=O) groups excluding carboxylic acids is 1. The van der Waals surface area contributed by atoms with E-state index in [1.54, 1.807) is 0 Å². The summed E-state index contributed by atoms with van der Waals surface area (Å²) in [6.45, 7) is 11.6. The van der Waals surface area contributed by atoms with E-state index in [-0.39, 0.29) is 12.0 Å². The smallest absolute Gasteiger partial charge is 0.335 e. The number of methoxy groups -OCH3 is 1. The maximum Gasteiger partial charge on any atom is 0.335 e. The number of hydrogen-bond donors (Lipinski definition) is 1. The first-order valence-corrected chi connectivity index (χ1v) is 9.74. The van der Waals surface area contributed by atoms with Crippen LogP contribution in [0.3, 0.4) is 0 Å². The van der Waals surface area contributed by atoms with E-state index in [0.717, 1.165) is 5.57 Å². The van der Waals surface area contributed by atoms with Gasteiger partial charge in [0.05, 0.1) is 13.7 Å². The van der Waals surface area contributed by atoms with Crippen LogP contribution in [-0.2, 0) is 33.2 Å². The molecule has 0 aromatic rings. The summed E-state index contributed by atoms with van der Waals surface area (Å²) in [4.78, 5) is 12.0. The van der Waals surface area contributed by atoms with Gasteiger partial charge in [-0.15, -0.1) is 0 Å². The Kier molecular flexibility index (Phi) is 5.93. The molecule has 8 nitrogen and oxygen atoms in total. The molecule has 1 N–H and O–H groups in total. The Morgan fingerprint density at radius 3 is 2.36 bits per heavy atom. The van der Waals surface area contributed by atoms with E-state index in [1.165, 1.54) is 7.11 Å². The number of aliphatic hydroxyl groups excluding tert-OH is 1. The standard InChI is InChI=1S/C20H32O8/c1-10(2)11(14(21)17(22)23-7)8-12-15(13-9-24-19(3,4)26-13)25-18-16(12)27-20(5,6)28-18/h8,10-11,13-16,18,21H,9H2,1-7H3/b12-8-/t11-,13-,14-,15+,16-,18-/m1/s1. The van der Waals surface area contributed by atoms with Gasteiger partial charge in [0.15, 0.2) is 24.0 Å². The van der Waals surface area contributed by atoms with Crippen LogP contribution in [-0.4, -0.2) is 67.1 Å². The van der Waals surface area contributed by atoms with E-state index in [2.05, 4.69) is 0 Å². The maximum atomic E-state index is 12.0. The summed E-state index contributed by atoms with van der Waals surface area (Å²) < 4.78 is 34.5. The molecule has 0 spiro atoms. The number of hydrogen-bond acceptors (Lipinski definition) is 8. The average Bonchev–Trinajstić information content (AvgIpc) is 3.20. The fourth-order valence-electron chi connectivity index (χ4n) is 3.94. The van der Waals surface area contributed by atoms with Crippen molar-refractivity contribution >= 4 is 5.97 Å². The van der Waals surface area contributed by atoms with E-state index in [0.29, 0.717) is 6.61 Å². The fraction of sp³-hybridized carbons (Fsp3) is 0.850. The topological polar surface area (TPSA) is 92.7 Å². The molecule has 0 aliphatic carbocycles. The monoisotopic (exact) mass is 400 g/mol. The molecule has 0 amide bonds. The van der Waals surface area contributed by atoms with Gasteiger partial charge in [-0.3, -0.25) is 0 Å². The number of ether oxygens (including phenoxy) is 6. The Bertz CT molecular complexity index is 626. The van der Waals surface area contributed by atoms with Crippen molar-refractivity contribution in [2.45, 2.75) is 83.8 Å². The lowest BCUT2D eigenvalue weighted by Crippen LogP contribution is -2.37. The van der Waals surface area contributed by atoms with Gasteiger partial charge in [0.1, 0.15) is 18.3 Å². The molecule has 0 aromatic carbocycles. The summed E-state index contributed by atoms with van der Waals surface area (Å²) in [7, 11) is 1.26. The van der Waals surface area contributed by atoms with Crippen molar-refractivity contribution < 1.29 is 38.3 Å². The van der Waals surface area contributed by atoms with Gasteiger partial charge in [-0.05, 0) is 39.2 Å². The lowest BCUT2D eigenvalue weighted by Gasteiger charge is -2.28. The molecule has 28 heavy (non-hydrogen) atoms. The summed E-state index contributed by atoms with van der Waals surface area (Å²) in [5, 5.41) is 10.5. The van der Waals surface area contributed by atoms with E-state index >= 15 is 0 Å². The van der Waals surface area contributed by atoms with Gasteiger partial charge in [0, 0.05) is 5.92 Å². The van der Waals surface area contributed by atoms with Crippen LogP contribution in [0.2, 0.25) is 0 Å². The zero-order valence-corrected chi connectivity index (χ0v) is 17.6. The minimum atomic E-state index is -1.29. The molecule has 0 radical (unpaired) electrons. The molecule has 0 unspecified atom stereocenters. The number of carbonyl (C=O) groups is 1. The fourth-order valence-corrected chi connectivity index (χ4v) is 3.94. The van der Waals surface area contributed by atoms with E-state index in [1.807, 2.05) is 47.6 Å². The first-order chi connectivity index (χ1) is 12.9. The summed E-state index contributed by atoms with van der Waals surface area (Å²) in [5.74, 6) is -2.67. The number of esters is 1. The molecule has 3 rings (SSSR count). The Morgan fingerprint density at radius 1 is 1.14 bits per heavy atom. The van der Waals surface area contributed by atoms with Crippen LogP contribution >= 0.6 is 0 Å². The van der Waals surface area contributed by atoms with Crippen molar-refractivity contribution in [2.24, 2.45) is 11.8 Å². The first kappa shape index (κ1) is 21.7. The Balaban J connectivity index is 1.93. The Labute approximate surface area is 166 Å². The van der Waals surface area contributed by atoms with Gasteiger partial charge >= 0.3 is 5.97 Å². The predicted octanol–water partition coefficient (Wildman–Crippen LogP) is 1.75. The second-order valence-electron chi connectivity index (χ2n) is 8.80. The molecular formula is C20H32O8.